The monoisotopic (exact) mass is 492 g/mol. The second-order valence-corrected chi connectivity index (χ2v) is 9.69. The summed E-state index contributed by atoms with van der Waals surface area (Å²) in [6.45, 7) is 6.08. The van der Waals surface area contributed by atoms with E-state index in [1.807, 2.05) is 6.92 Å². The van der Waals surface area contributed by atoms with Crippen molar-refractivity contribution in [2.75, 3.05) is 13.2 Å². The summed E-state index contributed by atoms with van der Waals surface area (Å²) >= 11 is 0. The molecule has 5 nitrogen and oxygen atoms in total. The van der Waals surface area contributed by atoms with Gasteiger partial charge in [0.05, 0.1) is 25.2 Å². The minimum atomic E-state index is -0.453. The maximum atomic E-state index is 14.3. The maximum Gasteiger partial charge on any atom is 0.330 e. The van der Waals surface area contributed by atoms with Crippen molar-refractivity contribution in [2.45, 2.75) is 95.7 Å². The van der Waals surface area contributed by atoms with Crippen molar-refractivity contribution in [3.8, 4) is 0 Å². The Kier molecular flexibility index (Phi) is 10.7. The summed E-state index contributed by atoms with van der Waals surface area (Å²) in [7, 11) is 0. The Morgan fingerprint density at radius 3 is 2.20 bits per heavy atom. The molecule has 0 saturated heterocycles. The molecule has 1 aromatic rings. The highest BCUT2D eigenvalue weighted by Crippen LogP contribution is 2.36. The largest absolute Gasteiger partial charge is 0.462 e. The lowest BCUT2D eigenvalue weighted by atomic mass is 9.82. The summed E-state index contributed by atoms with van der Waals surface area (Å²) < 4.78 is 45.3. The molecule has 2 fully saturated rings. The van der Waals surface area contributed by atoms with Gasteiger partial charge in [-0.3, -0.25) is 4.79 Å². The van der Waals surface area contributed by atoms with Crippen molar-refractivity contribution in [1.29, 1.82) is 0 Å². The summed E-state index contributed by atoms with van der Waals surface area (Å²) in [6.07, 6.45) is 8.92. The van der Waals surface area contributed by atoms with Crippen LogP contribution in [0.1, 0.15) is 88.2 Å². The van der Waals surface area contributed by atoms with Crippen molar-refractivity contribution in [3.05, 3.63) is 47.5 Å². The van der Waals surface area contributed by atoms with Gasteiger partial charge in [0.2, 0.25) is 0 Å². The van der Waals surface area contributed by atoms with Crippen LogP contribution >= 0.6 is 0 Å². The number of esters is 2. The van der Waals surface area contributed by atoms with Crippen LogP contribution in [0.3, 0.4) is 0 Å². The Hall–Kier alpha value is -2.28. The van der Waals surface area contributed by atoms with Gasteiger partial charge < -0.3 is 14.2 Å². The topological polar surface area (TPSA) is 61.8 Å². The van der Waals surface area contributed by atoms with E-state index in [0.717, 1.165) is 44.6 Å². The third kappa shape index (κ3) is 8.13. The van der Waals surface area contributed by atoms with Crippen LogP contribution in [0.25, 0.3) is 0 Å². The van der Waals surface area contributed by atoms with E-state index >= 15 is 0 Å². The first kappa shape index (κ1) is 27.3. The van der Waals surface area contributed by atoms with Crippen molar-refractivity contribution in [3.63, 3.8) is 0 Å². The van der Waals surface area contributed by atoms with E-state index in [1.54, 1.807) is 0 Å². The quantitative estimate of drug-likeness (QED) is 0.210. The normalized spacial score (nSPS) is 24.5. The zero-order valence-corrected chi connectivity index (χ0v) is 20.7. The van der Waals surface area contributed by atoms with Crippen molar-refractivity contribution in [1.82, 2.24) is 0 Å². The molecule has 0 N–H and O–H groups in total. The molecule has 0 atom stereocenters. The SMILES string of the molecule is C=CC(=O)OCCCOC1CCC(C(=O)OC2CCC(c3cc(F)c(CCC)c(F)c3)CC2)CC1. The molecule has 2 saturated carbocycles. The van der Waals surface area contributed by atoms with Crippen LogP contribution in [-0.4, -0.2) is 37.4 Å². The zero-order valence-electron chi connectivity index (χ0n) is 20.7. The van der Waals surface area contributed by atoms with Crippen LogP contribution in [0.15, 0.2) is 24.8 Å². The van der Waals surface area contributed by atoms with E-state index in [4.69, 9.17) is 14.2 Å². The van der Waals surface area contributed by atoms with Crippen LogP contribution in [0.5, 0.6) is 0 Å². The Balaban J connectivity index is 1.35. The fourth-order valence-electron chi connectivity index (χ4n) is 5.13. The van der Waals surface area contributed by atoms with Crippen LogP contribution in [0, 0.1) is 17.6 Å². The first-order valence-electron chi connectivity index (χ1n) is 13.0. The first-order valence-corrected chi connectivity index (χ1v) is 13.0. The molecule has 0 aromatic heterocycles. The maximum absolute atomic E-state index is 14.3. The summed E-state index contributed by atoms with van der Waals surface area (Å²) in [5.74, 6) is -1.48. The van der Waals surface area contributed by atoms with E-state index in [2.05, 4.69) is 6.58 Å². The van der Waals surface area contributed by atoms with Gasteiger partial charge in [-0.15, -0.1) is 0 Å². The highest BCUT2D eigenvalue weighted by Gasteiger charge is 2.31. The fraction of sp³-hybridized carbons (Fsp3) is 0.643. The molecule has 0 unspecified atom stereocenters. The standard InChI is InChI=1S/C28H38F2O5/c1-3-6-24-25(29)17-21(18-26(24)30)19-7-13-23(14-8-19)35-28(32)20-9-11-22(12-10-20)33-15-5-16-34-27(31)4-2/h4,17-20,22-23H,2-3,5-16H2,1H3. The summed E-state index contributed by atoms with van der Waals surface area (Å²) in [5, 5.41) is 0. The number of hydrogen-bond donors (Lipinski definition) is 0. The second-order valence-electron chi connectivity index (χ2n) is 9.69. The Morgan fingerprint density at radius 1 is 0.971 bits per heavy atom. The summed E-state index contributed by atoms with van der Waals surface area (Å²) in [4.78, 5) is 23.7. The molecule has 0 bridgehead atoms. The van der Waals surface area contributed by atoms with Crippen molar-refractivity contribution < 1.29 is 32.6 Å². The molecule has 0 amide bonds. The lowest BCUT2D eigenvalue weighted by molar-refractivity contribution is -0.157. The highest BCUT2D eigenvalue weighted by atomic mass is 19.1. The van der Waals surface area contributed by atoms with Gasteiger partial charge in [0.25, 0.3) is 0 Å². The molecule has 0 heterocycles. The number of halogens is 2. The molecular formula is C28H38F2O5. The molecule has 35 heavy (non-hydrogen) atoms. The predicted molar refractivity (Wildman–Crippen MR) is 129 cm³/mol. The molecule has 194 valence electrons. The average molecular weight is 493 g/mol. The highest BCUT2D eigenvalue weighted by molar-refractivity contribution is 5.81. The summed E-state index contributed by atoms with van der Waals surface area (Å²) in [5.41, 5.74) is 0.884. The Morgan fingerprint density at radius 2 is 1.60 bits per heavy atom. The van der Waals surface area contributed by atoms with Gasteiger partial charge in [0, 0.05) is 18.1 Å². The van der Waals surface area contributed by atoms with Gasteiger partial charge >= 0.3 is 11.9 Å². The van der Waals surface area contributed by atoms with Crippen molar-refractivity contribution >= 4 is 11.9 Å². The number of benzene rings is 1. The summed E-state index contributed by atoms with van der Waals surface area (Å²) in [6, 6.07) is 2.97. The van der Waals surface area contributed by atoms with Gasteiger partial charge in [-0.2, -0.15) is 0 Å². The lowest BCUT2D eigenvalue weighted by Gasteiger charge is -2.32. The van der Waals surface area contributed by atoms with Crippen molar-refractivity contribution in [2.24, 2.45) is 5.92 Å². The minimum absolute atomic E-state index is 0.0949. The number of hydrogen-bond acceptors (Lipinski definition) is 5. The number of carbonyl (C=O) groups is 2. The molecule has 1 aromatic carbocycles. The molecular weight excluding hydrogens is 454 g/mol. The molecule has 7 heteroatoms. The van der Waals surface area contributed by atoms with E-state index in [-0.39, 0.29) is 35.6 Å². The van der Waals surface area contributed by atoms with Crippen LogP contribution < -0.4 is 0 Å². The van der Waals surface area contributed by atoms with E-state index in [1.165, 1.54) is 12.1 Å². The van der Waals surface area contributed by atoms with Gasteiger partial charge in [-0.25, -0.2) is 13.6 Å². The van der Waals surface area contributed by atoms with Gasteiger partial charge in [0.1, 0.15) is 17.7 Å². The third-order valence-electron chi connectivity index (χ3n) is 7.15. The smallest absolute Gasteiger partial charge is 0.330 e. The molecule has 2 aliphatic rings. The molecule has 2 aliphatic carbocycles. The van der Waals surface area contributed by atoms with E-state index in [0.29, 0.717) is 50.9 Å². The van der Waals surface area contributed by atoms with Gasteiger partial charge in [-0.1, -0.05) is 19.9 Å². The third-order valence-corrected chi connectivity index (χ3v) is 7.15. The number of ether oxygens (including phenoxy) is 3. The Bertz CT molecular complexity index is 832. The average Bonchev–Trinajstić information content (AvgIpc) is 2.86. The lowest BCUT2D eigenvalue weighted by Crippen LogP contribution is -2.31. The number of rotatable bonds is 11. The van der Waals surface area contributed by atoms with Crippen LogP contribution in [0.4, 0.5) is 8.78 Å². The van der Waals surface area contributed by atoms with Gasteiger partial charge in [-0.05, 0) is 81.4 Å². The molecule has 3 rings (SSSR count). The zero-order chi connectivity index (χ0) is 25.2. The molecule has 0 aliphatic heterocycles. The Labute approximate surface area is 207 Å². The van der Waals surface area contributed by atoms with Crippen LogP contribution in [-0.2, 0) is 30.2 Å². The molecule has 0 spiro atoms. The van der Waals surface area contributed by atoms with Crippen LogP contribution in [0.2, 0.25) is 0 Å². The van der Waals surface area contributed by atoms with Gasteiger partial charge in [0.15, 0.2) is 0 Å². The minimum Gasteiger partial charge on any atom is -0.462 e. The fourth-order valence-corrected chi connectivity index (χ4v) is 5.13. The van der Waals surface area contributed by atoms with E-state index < -0.39 is 17.6 Å². The number of carbonyl (C=O) groups excluding carboxylic acids is 2. The molecule has 0 radical (unpaired) electrons. The predicted octanol–water partition coefficient (Wildman–Crippen LogP) is 6.18. The van der Waals surface area contributed by atoms with E-state index in [9.17, 15) is 18.4 Å². The first-order chi connectivity index (χ1) is 16.9. The second kappa shape index (κ2) is 13.7.